The molecule has 4 rings (SSSR count). The number of rotatable bonds is 6. The van der Waals surface area contributed by atoms with E-state index in [2.05, 4.69) is 18.8 Å². The molecule has 170 valence electrons. The van der Waals surface area contributed by atoms with Crippen LogP contribution in [0.4, 0.5) is 11.4 Å². The Morgan fingerprint density at radius 3 is 2.59 bits per heavy atom. The van der Waals surface area contributed by atoms with Gasteiger partial charge in [0.2, 0.25) is 5.91 Å². The molecule has 2 heterocycles. The zero-order valence-corrected chi connectivity index (χ0v) is 20.1. The van der Waals surface area contributed by atoms with Crippen molar-refractivity contribution in [1.82, 2.24) is 4.98 Å². The van der Waals surface area contributed by atoms with Crippen molar-refractivity contribution in [2.45, 2.75) is 64.4 Å². The predicted octanol–water partition coefficient (Wildman–Crippen LogP) is 5.10. The average molecular weight is 454 g/mol. The molecule has 0 spiro atoms. The molecule has 0 fully saturated rings. The van der Waals surface area contributed by atoms with E-state index in [1.54, 1.807) is 34.3 Å². The smallest absolute Gasteiger partial charge is 0.264 e. The summed E-state index contributed by atoms with van der Waals surface area (Å²) < 4.78 is 29.5. The maximum Gasteiger partial charge on any atom is 0.264 e. The third-order valence-electron chi connectivity index (χ3n) is 6.17. The second kappa shape index (κ2) is 8.28. The second-order valence-corrected chi connectivity index (χ2v) is 11.1. The highest BCUT2D eigenvalue weighted by Gasteiger charge is 2.34. The first kappa shape index (κ1) is 22.4. The van der Waals surface area contributed by atoms with E-state index >= 15 is 0 Å². The number of amides is 1. The normalized spacial score (nSPS) is 17.1. The molecule has 2 aromatic carbocycles. The third kappa shape index (κ3) is 3.90. The van der Waals surface area contributed by atoms with Crippen LogP contribution in [-0.4, -0.2) is 31.4 Å². The van der Waals surface area contributed by atoms with Crippen LogP contribution in [0, 0.1) is 5.92 Å². The van der Waals surface area contributed by atoms with E-state index in [9.17, 15) is 13.2 Å². The van der Waals surface area contributed by atoms with Crippen molar-refractivity contribution >= 4 is 38.2 Å². The summed E-state index contributed by atoms with van der Waals surface area (Å²) in [5.41, 5.74) is 3.33. The van der Waals surface area contributed by atoms with Crippen LogP contribution < -0.4 is 9.21 Å². The fourth-order valence-corrected chi connectivity index (χ4v) is 6.66. The Kier molecular flexibility index (Phi) is 5.79. The first-order chi connectivity index (χ1) is 15.1. The molecule has 1 N–H and O–H groups in total. The number of fused-ring (bicyclic) bond motifs is 2. The third-order valence-corrected chi connectivity index (χ3v) is 8.11. The van der Waals surface area contributed by atoms with Gasteiger partial charge in [-0.15, -0.1) is 0 Å². The zero-order chi connectivity index (χ0) is 23.2. The molecule has 6 nitrogen and oxygen atoms in total. The van der Waals surface area contributed by atoms with Gasteiger partial charge in [0.25, 0.3) is 10.0 Å². The van der Waals surface area contributed by atoms with Crippen LogP contribution in [0.25, 0.3) is 10.9 Å². The topological polar surface area (TPSA) is 73.5 Å². The summed E-state index contributed by atoms with van der Waals surface area (Å²) in [5.74, 6) is 0.322. The van der Waals surface area contributed by atoms with Gasteiger partial charge in [0, 0.05) is 41.8 Å². The Balaban J connectivity index is 1.80. The number of aromatic nitrogens is 1. The molecule has 1 amide bonds. The number of hydrogen-bond acceptors (Lipinski definition) is 3. The van der Waals surface area contributed by atoms with Crippen LogP contribution in [0.5, 0.6) is 0 Å². The van der Waals surface area contributed by atoms with E-state index in [1.165, 1.54) is 0 Å². The van der Waals surface area contributed by atoms with Gasteiger partial charge >= 0.3 is 0 Å². The van der Waals surface area contributed by atoms with Gasteiger partial charge in [0.15, 0.2) is 0 Å². The number of H-pyrrole nitrogens is 1. The monoisotopic (exact) mass is 453 g/mol. The van der Waals surface area contributed by atoms with Gasteiger partial charge in [0.1, 0.15) is 0 Å². The van der Waals surface area contributed by atoms with Crippen molar-refractivity contribution in [2.75, 3.05) is 9.21 Å². The van der Waals surface area contributed by atoms with Gasteiger partial charge in [-0.2, -0.15) is 0 Å². The Hall–Kier alpha value is -2.80. The number of anilines is 2. The molecule has 0 bridgehead atoms. The standard InChI is InChI=1S/C25H31N3O3S/c1-16(2)12-18(4)28(22-6-8-24-20(14-22)10-11-26-24)32(30,31)23-7-9-25-21(15-23)13-17(3)27(25)19(5)29/h6-11,14-18,26H,12-13H2,1-5H3/t17-,18-/m0/s1. The Bertz CT molecular complexity index is 1260. The lowest BCUT2D eigenvalue weighted by molar-refractivity contribution is -0.116. The SMILES string of the molecule is CC(=O)N1c2ccc(S(=O)(=O)N(c3ccc4[nH]ccc4c3)[C@@H](C)CC(C)C)cc2C[C@@H]1C. The Morgan fingerprint density at radius 2 is 1.91 bits per heavy atom. The van der Waals surface area contributed by atoms with Crippen LogP contribution >= 0.6 is 0 Å². The maximum absolute atomic E-state index is 14.0. The molecule has 7 heteroatoms. The van der Waals surface area contributed by atoms with Crippen LogP contribution in [-0.2, 0) is 21.2 Å². The molecule has 0 saturated carbocycles. The molecule has 1 aliphatic heterocycles. The van der Waals surface area contributed by atoms with Gasteiger partial charge in [-0.1, -0.05) is 13.8 Å². The van der Waals surface area contributed by atoms with Gasteiger partial charge in [-0.25, -0.2) is 8.42 Å². The van der Waals surface area contributed by atoms with Crippen molar-refractivity contribution in [1.29, 1.82) is 0 Å². The van der Waals surface area contributed by atoms with E-state index in [0.29, 0.717) is 18.0 Å². The molecule has 0 radical (unpaired) electrons. The number of hydrogen-bond donors (Lipinski definition) is 1. The van der Waals surface area contributed by atoms with Crippen molar-refractivity contribution in [3.05, 3.63) is 54.2 Å². The summed E-state index contributed by atoms with van der Waals surface area (Å²) in [6.45, 7) is 9.70. The number of aromatic amines is 1. The largest absolute Gasteiger partial charge is 0.361 e. The molecular formula is C25H31N3O3S. The zero-order valence-electron chi connectivity index (χ0n) is 19.3. The average Bonchev–Trinajstić information content (AvgIpc) is 3.29. The second-order valence-electron chi connectivity index (χ2n) is 9.26. The molecule has 1 aliphatic rings. The number of nitrogens with zero attached hydrogens (tertiary/aromatic N) is 2. The fourth-order valence-electron chi connectivity index (χ4n) is 4.95. The summed E-state index contributed by atoms with van der Waals surface area (Å²) in [7, 11) is -3.81. The van der Waals surface area contributed by atoms with Crippen LogP contribution in [0.15, 0.2) is 53.6 Å². The van der Waals surface area contributed by atoms with Crippen LogP contribution in [0.1, 0.15) is 46.6 Å². The summed E-state index contributed by atoms with van der Waals surface area (Å²) >= 11 is 0. The van der Waals surface area contributed by atoms with Crippen molar-refractivity contribution in [3.63, 3.8) is 0 Å². The van der Waals surface area contributed by atoms with Crippen molar-refractivity contribution < 1.29 is 13.2 Å². The number of benzene rings is 2. The number of nitrogens with one attached hydrogen (secondary N) is 1. The van der Waals surface area contributed by atoms with Gasteiger partial charge in [-0.05, 0) is 80.6 Å². The molecule has 0 unspecified atom stereocenters. The van der Waals surface area contributed by atoms with E-state index in [-0.39, 0.29) is 22.9 Å². The minimum Gasteiger partial charge on any atom is -0.361 e. The van der Waals surface area contributed by atoms with Crippen molar-refractivity contribution in [2.24, 2.45) is 5.92 Å². The van der Waals surface area contributed by atoms with Crippen molar-refractivity contribution in [3.8, 4) is 0 Å². The van der Waals surface area contributed by atoms with E-state index < -0.39 is 10.0 Å². The Labute approximate surface area is 190 Å². The first-order valence-electron chi connectivity index (χ1n) is 11.1. The highest BCUT2D eigenvalue weighted by molar-refractivity contribution is 7.92. The number of carbonyl (C=O) groups excluding carboxylic acids is 1. The highest BCUT2D eigenvalue weighted by Crippen LogP contribution is 2.36. The van der Waals surface area contributed by atoms with E-state index in [4.69, 9.17) is 0 Å². The number of carbonyl (C=O) groups is 1. The summed E-state index contributed by atoms with van der Waals surface area (Å²) in [6, 6.07) is 12.6. The lowest BCUT2D eigenvalue weighted by atomic mass is 10.0. The minimum atomic E-state index is -3.81. The van der Waals surface area contributed by atoms with E-state index in [0.717, 1.165) is 28.6 Å². The highest BCUT2D eigenvalue weighted by atomic mass is 32.2. The quantitative estimate of drug-likeness (QED) is 0.565. The van der Waals surface area contributed by atoms with Crippen LogP contribution in [0.2, 0.25) is 0 Å². The molecule has 2 atom stereocenters. The van der Waals surface area contributed by atoms with Crippen LogP contribution in [0.3, 0.4) is 0 Å². The maximum atomic E-state index is 14.0. The summed E-state index contributed by atoms with van der Waals surface area (Å²) in [5, 5.41) is 0.972. The predicted molar refractivity (Wildman–Crippen MR) is 130 cm³/mol. The van der Waals surface area contributed by atoms with Gasteiger partial charge in [0.05, 0.1) is 10.6 Å². The lowest BCUT2D eigenvalue weighted by Crippen LogP contribution is -2.39. The Morgan fingerprint density at radius 1 is 1.16 bits per heavy atom. The summed E-state index contributed by atoms with van der Waals surface area (Å²) in [6.07, 6.45) is 3.24. The lowest BCUT2D eigenvalue weighted by Gasteiger charge is -2.32. The summed E-state index contributed by atoms with van der Waals surface area (Å²) in [4.78, 5) is 17.2. The van der Waals surface area contributed by atoms with E-state index in [1.807, 2.05) is 44.3 Å². The first-order valence-corrected chi connectivity index (χ1v) is 12.6. The molecule has 0 aliphatic carbocycles. The molecule has 32 heavy (non-hydrogen) atoms. The molecule has 3 aromatic rings. The number of sulfonamides is 1. The molecule has 1 aromatic heterocycles. The van der Waals surface area contributed by atoms with Gasteiger partial charge < -0.3 is 9.88 Å². The fraction of sp³-hybridized carbons (Fsp3) is 0.400. The van der Waals surface area contributed by atoms with Gasteiger partial charge in [-0.3, -0.25) is 9.10 Å². The molecule has 0 saturated heterocycles. The minimum absolute atomic E-state index is 0.0208. The molecular weight excluding hydrogens is 422 g/mol.